The maximum Gasteiger partial charge on any atom is 0.223 e. The van der Waals surface area contributed by atoms with Crippen LogP contribution in [0.1, 0.15) is 80.3 Å². The number of carbonyl (C=O) groups excluding carboxylic acids is 3. The average molecular weight is 378 g/mol. The molecule has 0 aliphatic carbocycles. The number of rotatable bonds is 8. The standard InChI is InChI=1S/C21H31NO3S/c1-15-7-11-19(26-15)18(24)10-8-17(23)9-12-20(25)22-13-5-6-16(22)14-21(2,3)4/h7,11,16H,5-6,8-10,12-14H2,1-4H3. The van der Waals surface area contributed by atoms with E-state index < -0.39 is 0 Å². The molecule has 0 bridgehead atoms. The van der Waals surface area contributed by atoms with Gasteiger partial charge in [-0.05, 0) is 43.7 Å². The van der Waals surface area contributed by atoms with Crippen LogP contribution in [0.2, 0.25) is 0 Å². The molecule has 2 rings (SSSR count). The number of amides is 1. The number of thiophene rings is 1. The van der Waals surface area contributed by atoms with Crippen molar-refractivity contribution in [1.82, 2.24) is 4.90 Å². The van der Waals surface area contributed by atoms with E-state index in [9.17, 15) is 14.4 Å². The Hall–Kier alpha value is -1.49. The van der Waals surface area contributed by atoms with Gasteiger partial charge in [-0.25, -0.2) is 0 Å². The van der Waals surface area contributed by atoms with E-state index in [-0.39, 0.29) is 48.6 Å². The third kappa shape index (κ3) is 6.35. The molecule has 1 aliphatic heterocycles. The summed E-state index contributed by atoms with van der Waals surface area (Å²) in [7, 11) is 0. The van der Waals surface area contributed by atoms with Crippen LogP contribution in [0.4, 0.5) is 0 Å². The lowest BCUT2D eigenvalue weighted by Crippen LogP contribution is -2.37. The highest BCUT2D eigenvalue weighted by Gasteiger charge is 2.31. The molecule has 1 aromatic heterocycles. The summed E-state index contributed by atoms with van der Waals surface area (Å²) in [5.41, 5.74) is 0.198. The normalized spacial score (nSPS) is 17.5. The highest BCUT2D eigenvalue weighted by atomic mass is 32.1. The van der Waals surface area contributed by atoms with Gasteiger partial charge in [0.05, 0.1) is 4.88 Å². The van der Waals surface area contributed by atoms with E-state index in [1.807, 2.05) is 24.0 Å². The van der Waals surface area contributed by atoms with E-state index in [4.69, 9.17) is 0 Å². The van der Waals surface area contributed by atoms with Gasteiger partial charge >= 0.3 is 0 Å². The zero-order valence-corrected chi connectivity index (χ0v) is 17.3. The Morgan fingerprint density at radius 1 is 1.12 bits per heavy atom. The average Bonchev–Trinajstić information content (AvgIpc) is 3.17. The molecule has 26 heavy (non-hydrogen) atoms. The van der Waals surface area contributed by atoms with Gasteiger partial charge in [-0.2, -0.15) is 0 Å². The zero-order valence-electron chi connectivity index (χ0n) is 16.5. The fourth-order valence-corrected chi connectivity index (χ4v) is 4.39. The molecule has 0 N–H and O–H groups in total. The first-order valence-corrected chi connectivity index (χ1v) is 10.4. The van der Waals surface area contributed by atoms with Crippen molar-refractivity contribution < 1.29 is 14.4 Å². The van der Waals surface area contributed by atoms with Crippen LogP contribution >= 0.6 is 11.3 Å². The molecule has 1 unspecified atom stereocenters. The molecule has 1 saturated heterocycles. The second-order valence-electron chi connectivity index (χ2n) is 8.52. The van der Waals surface area contributed by atoms with Gasteiger partial charge in [0, 0.05) is 43.1 Å². The summed E-state index contributed by atoms with van der Waals surface area (Å²) in [4.78, 5) is 40.5. The molecular formula is C21H31NO3S. The predicted molar refractivity (Wildman–Crippen MR) is 106 cm³/mol. The summed E-state index contributed by atoms with van der Waals surface area (Å²) in [5.74, 6) is 0.115. The summed E-state index contributed by atoms with van der Waals surface area (Å²) in [6.07, 6.45) is 4.10. The number of carbonyl (C=O) groups is 3. The Morgan fingerprint density at radius 2 is 1.81 bits per heavy atom. The van der Waals surface area contributed by atoms with E-state index in [1.54, 1.807) is 0 Å². The molecule has 0 radical (unpaired) electrons. The largest absolute Gasteiger partial charge is 0.340 e. The lowest BCUT2D eigenvalue weighted by molar-refractivity contribution is -0.134. The molecule has 144 valence electrons. The van der Waals surface area contributed by atoms with E-state index in [0.29, 0.717) is 10.9 Å². The van der Waals surface area contributed by atoms with Crippen LogP contribution < -0.4 is 0 Å². The van der Waals surface area contributed by atoms with Gasteiger partial charge in [0.2, 0.25) is 5.91 Å². The monoisotopic (exact) mass is 377 g/mol. The molecular weight excluding hydrogens is 346 g/mol. The second kappa shape index (κ2) is 8.94. The summed E-state index contributed by atoms with van der Waals surface area (Å²) in [6, 6.07) is 4.04. The smallest absolute Gasteiger partial charge is 0.223 e. The van der Waals surface area contributed by atoms with Gasteiger partial charge in [0.1, 0.15) is 5.78 Å². The van der Waals surface area contributed by atoms with Crippen molar-refractivity contribution in [2.75, 3.05) is 6.54 Å². The fraction of sp³-hybridized carbons (Fsp3) is 0.667. The third-order valence-electron chi connectivity index (χ3n) is 4.81. The lowest BCUT2D eigenvalue weighted by atomic mass is 9.87. The van der Waals surface area contributed by atoms with Crippen LogP contribution in [0.15, 0.2) is 12.1 Å². The van der Waals surface area contributed by atoms with Crippen molar-refractivity contribution >= 4 is 28.8 Å². The Bertz CT molecular complexity index is 656. The number of hydrogen-bond donors (Lipinski definition) is 0. The summed E-state index contributed by atoms with van der Waals surface area (Å²) in [5, 5.41) is 0. The highest BCUT2D eigenvalue weighted by molar-refractivity contribution is 7.14. The molecule has 0 aromatic carbocycles. The molecule has 5 heteroatoms. The van der Waals surface area contributed by atoms with Gasteiger partial charge < -0.3 is 4.90 Å². The minimum Gasteiger partial charge on any atom is -0.340 e. The molecule has 4 nitrogen and oxygen atoms in total. The third-order valence-corrected chi connectivity index (χ3v) is 5.85. The molecule has 1 amide bonds. The van der Waals surface area contributed by atoms with Crippen LogP contribution in [0, 0.1) is 12.3 Å². The molecule has 1 fully saturated rings. The van der Waals surface area contributed by atoms with Crippen molar-refractivity contribution in [1.29, 1.82) is 0 Å². The number of aryl methyl sites for hydroxylation is 1. The lowest BCUT2D eigenvalue weighted by Gasteiger charge is -2.30. The van der Waals surface area contributed by atoms with E-state index in [1.165, 1.54) is 11.3 Å². The molecule has 0 saturated carbocycles. The highest BCUT2D eigenvalue weighted by Crippen LogP contribution is 2.30. The van der Waals surface area contributed by atoms with Gasteiger partial charge in [-0.15, -0.1) is 11.3 Å². The Morgan fingerprint density at radius 3 is 2.42 bits per heavy atom. The predicted octanol–water partition coefficient (Wildman–Crippen LogP) is 4.80. The van der Waals surface area contributed by atoms with E-state index in [0.717, 1.165) is 30.7 Å². The number of ketones is 2. The van der Waals surface area contributed by atoms with Crippen LogP contribution in [0.5, 0.6) is 0 Å². The van der Waals surface area contributed by atoms with Gasteiger partial charge in [-0.3, -0.25) is 14.4 Å². The van der Waals surface area contributed by atoms with Crippen LogP contribution in [0.3, 0.4) is 0 Å². The minimum atomic E-state index is 0.00606. The molecule has 0 spiro atoms. The van der Waals surface area contributed by atoms with Crippen molar-refractivity contribution in [3.63, 3.8) is 0 Å². The summed E-state index contributed by atoms with van der Waals surface area (Å²) < 4.78 is 0. The summed E-state index contributed by atoms with van der Waals surface area (Å²) >= 11 is 1.47. The number of hydrogen-bond acceptors (Lipinski definition) is 4. The number of nitrogens with zero attached hydrogens (tertiary/aromatic N) is 1. The maximum absolute atomic E-state index is 12.5. The van der Waals surface area contributed by atoms with Gasteiger partial charge in [0.15, 0.2) is 5.78 Å². The summed E-state index contributed by atoms with van der Waals surface area (Å²) in [6.45, 7) is 9.37. The molecule has 1 aliphatic rings. The van der Waals surface area contributed by atoms with Gasteiger partial charge in [0.25, 0.3) is 0 Å². The van der Waals surface area contributed by atoms with Crippen molar-refractivity contribution in [3.8, 4) is 0 Å². The Balaban J connectivity index is 1.74. The van der Waals surface area contributed by atoms with Crippen molar-refractivity contribution in [2.24, 2.45) is 5.41 Å². The van der Waals surface area contributed by atoms with Crippen molar-refractivity contribution in [2.45, 2.75) is 78.7 Å². The second-order valence-corrected chi connectivity index (χ2v) is 9.81. The number of Topliss-reactive ketones (excluding diaryl/α,β-unsaturated/α-hetero) is 2. The quantitative estimate of drug-likeness (QED) is 0.612. The topological polar surface area (TPSA) is 54.5 Å². The minimum absolute atomic E-state index is 0.00606. The van der Waals surface area contributed by atoms with Gasteiger partial charge in [-0.1, -0.05) is 20.8 Å². The first-order chi connectivity index (χ1) is 12.2. The molecule has 1 aromatic rings. The van der Waals surface area contributed by atoms with Crippen LogP contribution in [-0.4, -0.2) is 35.0 Å². The zero-order chi connectivity index (χ0) is 19.3. The molecule has 2 heterocycles. The SMILES string of the molecule is Cc1ccc(C(=O)CCC(=O)CCC(=O)N2CCCC2CC(C)(C)C)s1. The van der Waals surface area contributed by atoms with E-state index in [2.05, 4.69) is 20.8 Å². The fourth-order valence-electron chi connectivity index (χ4n) is 3.56. The number of likely N-dealkylation sites (tertiary alicyclic amines) is 1. The molecule has 1 atom stereocenters. The Labute approximate surface area is 161 Å². The van der Waals surface area contributed by atoms with E-state index >= 15 is 0 Å². The Kier molecular flexibility index (Phi) is 7.16. The maximum atomic E-state index is 12.5. The van der Waals surface area contributed by atoms with Crippen LogP contribution in [-0.2, 0) is 9.59 Å². The van der Waals surface area contributed by atoms with Crippen molar-refractivity contribution in [3.05, 3.63) is 21.9 Å². The first-order valence-electron chi connectivity index (χ1n) is 9.56. The first kappa shape index (κ1) is 20.8. The van der Waals surface area contributed by atoms with Crippen LogP contribution in [0.25, 0.3) is 0 Å².